The van der Waals surface area contributed by atoms with Crippen LogP contribution in [0.2, 0.25) is 0 Å². The van der Waals surface area contributed by atoms with Gasteiger partial charge in [0, 0.05) is 31.7 Å². The Morgan fingerprint density at radius 3 is 2.58 bits per heavy atom. The molecule has 2 bridgehead atoms. The van der Waals surface area contributed by atoms with Crippen LogP contribution < -0.4 is 0 Å². The molecule has 3 saturated heterocycles. The molecule has 4 nitrogen and oxygen atoms in total. The van der Waals surface area contributed by atoms with E-state index in [-0.39, 0.29) is 6.09 Å². The topological polar surface area (TPSA) is 32.8 Å². The Balaban J connectivity index is 1.67. The fourth-order valence-corrected chi connectivity index (χ4v) is 3.27. The van der Waals surface area contributed by atoms with Gasteiger partial charge in [-0.2, -0.15) is 0 Å². The first-order chi connectivity index (χ1) is 9.28. The van der Waals surface area contributed by atoms with Gasteiger partial charge in [-0.1, -0.05) is 30.3 Å². The molecule has 0 spiro atoms. The molecule has 0 aromatic heterocycles. The molecule has 2 atom stereocenters. The molecule has 4 rings (SSSR count). The summed E-state index contributed by atoms with van der Waals surface area (Å²) in [4.78, 5) is 16.1. The van der Waals surface area contributed by atoms with E-state index in [1.165, 1.54) is 19.1 Å². The second kappa shape index (κ2) is 5.21. The van der Waals surface area contributed by atoms with Crippen molar-refractivity contribution in [2.75, 3.05) is 20.2 Å². The van der Waals surface area contributed by atoms with Gasteiger partial charge in [-0.25, -0.2) is 4.79 Å². The van der Waals surface area contributed by atoms with Crippen molar-refractivity contribution >= 4 is 6.09 Å². The quantitative estimate of drug-likeness (QED) is 0.816. The number of carbonyl (C=O) groups excluding carboxylic acids is 1. The minimum Gasteiger partial charge on any atom is -0.453 e. The Morgan fingerprint density at radius 2 is 1.95 bits per heavy atom. The molecule has 3 fully saturated rings. The lowest BCUT2D eigenvalue weighted by Crippen LogP contribution is -2.63. The monoisotopic (exact) mass is 260 g/mol. The number of methoxy groups -OCH3 is 1. The number of nitrogens with zero attached hydrogens (tertiary/aromatic N) is 2. The summed E-state index contributed by atoms with van der Waals surface area (Å²) in [6.45, 7) is 2.76. The number of ether oxygens (including phenoxy) is 1. The average Bonchev–Trinajstić information content (AvgIpc) is 2.48. The van der Waals surface area contributed by atoms with Gasteiger partial charge in [0.05, 0.1) is 7.11 Å². The van der Waals surface area contributed by atoms with Crippen molar-refractivity contribution in [3.63, 3.8) is 0 Å². The minimum absolute atomic E-state index is 0.172. The minimum atomic E-state index is -0.172. The highest BCUT2D eigenvalue weighted by atomic mass is 16.5. The second-order valence-corrected chi connectivity index (χ2v) is 5.42. The number of benzene rings is 1. The zero-order valence-electron chi connectivity index (χ0n) is 11.3. The third-order valence-corrected chi connectivity index (χ3v) is 4.28. The van der Waals surface area contributed by atoms with E-state index in [2.05, 4.69) is 29.2 Å². The van der Waals surface area contributed by atoms with Gasteiger partial charge < -0.3 is 9.64 Å². The molecular weight excluding hydrogens is 240 g/mol. The summed E-state index contributed by atoms with van der Waals surface area (Å²) in [5.41, 5.74) is 1.35. The molecule has 4 heteroatoms. The Bertz CT molecular complexity index is 449. The molecule has 1 aromatic carbocycles. The molecule has 3 aliphatic rings. The number of piperazine rings is 1. The van der Waals surface area contributed by atoms with Gasteiger partial charge in [0.15, 0.2) is 0 Å². The van der Waals surface area contributed by atoms with Gasteiger partial charge in [-0.05, 0) is 18.4 Å². The Labute approximate surface area is 113 Å². The van der Waals surface area contributed by atoms with E-state index in [1.54, 1.807) is 0 Å². The van der Waals surface area contributed by atoms with Gasteiger partial charge >= 0.3 is 6.09 Å². The maximum absolute atomic E-state index is 11.7. The number of hydrogen-bond donors (Lipinski definition) is 0. The maximum atomic E-state index is 11.7. The average molecular weight is 260 g/mol. The number of hydrogen-bond acceptors (Lipinski definition) is 3. The molecule has 0 saturated carbocycles. The molecule has 0 radical (unpaired) electrons. The van der Waals surface area contributed by atoms with Crippen molar-refractivity contribution in [2.45, 2.75) is 31.5 Å². The summed E-state index contributed by atoms with van der Waals surface area (Å²) >= 11 is 0. The summed E-state index contributed by atoms with van der Waals surface area (Å²) < 4.78 is 4.86. The highest BCUT2D eigenvalue weighted by Crippen LogP contribution is 2.30. The summed E-state index contributed by atoms with van der Waals surface area (Å²) in [5.74, 6) is 0. The van der Waals surface area contributed by atoms with E-state index >= 15 is 0 Å². The Hall–Kier alpha value is -1.55. The molecule has 2 unspecified atom stereocenters. The van der Waals surface area contributed by atoms with E-state index in [0.29, 0.717) is 12.1 Å². The van der Waals surface area contributed by atoms with E-state index in [9.17, 15) is 4.79 Å². The van der Waals surface area contributed by atoms with Crippen molar-refractivity contribution in [2.24, 2.45) is 0 Å². The van der Waals surface area contributed by atoms with Crippen molar-refractivity contribution in [3.05, 3.63) is 35.9 Å². The molecule has 1 amide bonds. The lowest BCUT2D eigenvalue weighted by atomic mass is 9.91. The fourth-order valence-electron chi connectivity index (χ4n) is 3.27. The predicted molar refractivity (Wildman–Crippen MR) is 72.8 cm³/mol. The van der Waals surface area contributed by atoms with E-state index in [1.807, 2.05) is 11.0 Å². The molecule has 19 heavy (non-hydrogen) atoms. The van der Waals surface area contributed by atoms with Crippen molar-refractivity contribution in [1.29, 1.82) is 0 Å². The predicted octanol–water partition coefficient (Wildman–Crippen LogP) is 2.10. The maximum Gasteiger partial charge on any atom is 0.409 e. The first kappa shape index (κ1) is 12.5. The number of piperidine rings is 2. The van der Waals surface area contributed by atoms with Gasteiger partial charge in [0.2, 0.25) is 0 Å². The zero-order chi connectivity index (χ0) is 13.2. The van der Waals surface area contributed by atoms with Crippen molar-refractivity contribution < 1.29 is 9.53 Å². The number of fused-ring (bicyclic) bond motifs is 3. The van der Waals surface area contributed by atoms with Gasteiger partial charge in [-0.3, -0.25) is 4.90 Å². The van der Waals surface area contributed by atoms with Crippen molar-refractivity contribution in [3.8, 4) is 0 Å². The largest absolute Gasteiger partial charge is 0.453 e. The first-order valence-corrected chi connectivity index (χ1v) is 6.90. The summed E-state index contributed by atoms with van der Waals surface area (Å²) in [6.07, 6.45) is 2.12. The third-order valence-electron chi connectivity index (χ3n) is 4.28. The van der Waals surface area contributed by atoms with Crippen LogP contribution in [0.4, 0.5) is 4.79 Å². The molecule has 0 aliphatic carbocycles. The Morgan fingerprint density at radius 1 is 1.21 bits per heavy atom. The molecule has 1 aromatic rings. The summed E-state index contributed by atoms with van der Waals surface area (Å²) in [6, 6.07) is 11.3. The smallest absolute Gasteiger partial charge is 0.409 e. The van der Waals surface area contributed by atoms with Crippen LogP contribution in [0.25, 0.3) is 0 Å². The molecule has 0 N–H and O–H groups in total. The zero-order valence-corrected chi connectivity index (χ0v) is 11.3. The number of amides is 1. The van der Waals surface area contributed by atoms with E-state index in [4.69, 9.17) is 4.74 Å². The van der Waals surface area contributed by atoms with Crippen LogP contribution in [0.15, 0.2) is 30.3 Å². The Kier molecular flexibility index (Phi) is 3.42. The normalized spacial score (nSPS) is 26.5. The van der Waals surface area contributed by atoms with E-state index in [0.717, 1.165) is 26.1 Å². The second-order valence-electron chi connectivity index (χ2n) is 5.42. The van der Waals surface area contributed by atoms with Crippen LogP contribution >= 0.6 is 0 Å². The van der Waals surface area contributed by atoms with Crippen LogP contribution in [-0.2, 0) is 11.3 Å². The van der Waals surface area contributed by atoms with Crippen molar-refractivity contribution in [1.82, 2.24) is 9.80 Å². The van der Waals surface area contributed by atoms with Crippen LogP contribution in [0, 0.1) is 0 Å². The van der Waals surface area contributed by atoms with Crippen LogP contribution in [0.1, 0.15) is 18.4 Å². The van der Waals surface area contributed by atoms with Crippen LogP contribution in [-0.4, -0.2) is 48.2 Å². The fraction of sp³-hybridized carbons (Fsp3) is 0.533. The lowest BCUT2D eigenvalue weighted by molar-refractivity contribution is -0.0193. The summed E-state index contributed by atoms with van der Waals surface area (Å²) in [7, 11) is 1.46. The van der Waals surface area contributed by atoms with E-state index < -0.39 is 0 Å². The molecule has 3 heterocycles. The molecule has 3 aliphatic heterocycles. The number of rotatable bonds is 2. The van der Waals surface area contributed by atoms with Gasteiger partial charge in [-0.15, -0.1) is 0 Å². The van der Waals surface area contributed by atoms with Gasteiger partial charge in [0.25, 0.3) is 0 Å². The van der Waals surface area contributed by atoms with Gasteiger partial charge in [0.1, 0.15) is 0 Å². The van der Waals surface area contributed by atoms with Crippen LogP contribution in [0.3, 0.4) is 0 Å². The third kappa shape index (κ3) is 2.45. The first-order valence-electron chi connectivity index (χ1n) is 6.90. The SMILES string of the molecule is COC(=O)N1CC2CCC1CN2Cc1ccccc1. The van der Waals surface area contributed by atoms with Crippen LogP contribution in [0.5, 0.6) is 0 Å². The highest BCUT2D eigenvalue weighted by Gasteiger charge is 2.41. The highest BCUT2D eigenvalue weighted by molar-refractivity contribution is 5.68. The number of carbonyl (C=O) groups is 1. The molecular formula is C15H20N2O2. The standard InChI is InChI=1S/C15H20N2O2/c1-19-15(18)17-11-13-7-8-14(17)10-16(13)9-12-5-3-2-4-6-12/h2-6,13-14H,7-11H2,1H3. The lowest BCUT2D eigenvalue weighted by Gasteiger charge is -2.50. The molecule has 102 valence electrons. The summed E-state index contributed by atoms with van der Waals surface area (Å²) in [5, 5.41) is 0.